The second kappa shape index (κ2) is 3.15. The predicted octanol–water partition coefficient (Wildman–Crippen LogP) is 2.63. The van der Waals surface area contributed by atoms with Gasteiger partial charge in [0.05, 0.1) is 5.71 Å². The molecule has 0 aromatic heterocycles. The van der Waals surface area contributed by atoms with Gasteiger partial charge in [0, 0.05) is 0 Å². The molecular weight excluding hydrogens is 134 g/mol. The van der Waals surface area contributed by atoms with Gasteiger partial charge in [0.25, 0.3) is 0 Å². The fraction of sp³-hybridized carbons (Fsp3) is 0.100. The second-order valence-electron chi connectivity index (χ2n) is 2.52. The van der Waals surface area contributed by atoms with E-state index >= 15 is 0 Å². The van der Waals surface area contributed by atoms with Crippen LogP contribution >= 0.6 is 0 Å². The van der Waals surface area contributed by atoms with Crippen LogP contribution in [0.3, 0.4) is 0 Å². The summed E-state index contributed by atoms with van der Waals surface area (Å²) in [6, 6.07) is 9.61. The summed E-state index contributed by atoms with van der Waals surface area (Å²) in [6.07, 6.45) is 0. The van der Waals surface area contributed by atoms with Crippen molar-refractivity contribution >= 4 is 5.71 Å². The standard InChI is InChI=1S/C10H11N/c1-8(2)10(11)9-6-4-3-5-7-9/h3-7,11H,1H2,2H3. The van der Waals surface area contributed by atoms with E-state index in [9.17, 15) is 0 Å². The van der Waals surface area contributed by atoms with Gasteiger partial charge in [-0.3, -0.25) is 0 Å². The molecule has 0 fully saturated rings. The van der Waals surface area contributed by atoms with Gasteiger partial charge in [-0.2, -0.15) is 0 Å². The molecule has 0 amide bonds. The maximum Gasteiger partial charge on any atom is 0.0635 e. The molecule has 1 aromatic rings. The first-order chi connectivity index (χ1) is 5.22. The lowest BCUT2D eigenvalue weighted by Gasteiger charge is -2.00. The fourth-order valence-electron chi connectivity index (χ4n) is 0.851. The number of allylic oxidation sites excluding steroid dienone is 1. The molecule has 0 saturated carbocycles. The third-order valence-corrected chi connectivity index (χ3v) is 1.49. The Hall–Kier alpha value is -1.37. The zero-order valence-corrected chi connectivity index (χ0v) is 6.59. The second-order valence-corrected chi connectivity index (χ2v) is 2.52. The normalized spacial score (nSPS) is 9.18. The minimum absolute atomic E-state index is 0.519. The number of rotatable bonds is 2. The summed E-state index contributed by atoms with van der Waals surface area (Å²) in [6.45, 7) is 5.55. The summed E-state index contributed by atoms with van der Waals surface area (Å²) in [5, 5.41) is 7.58. The van der Waals surface area contributed by atoms with Crippen molar-refractivity contribution in [3.63, 3.8) is 0 Å². The van der Waals surface area contributed by atoms with Crippen LogP contribution in [0.5, 0.6) is 0 Å². The zero-order valence-electron chi connectivity index (χ0n) is 6.59. The van der Waals surface area contributed by atoms with E-state index in [2.05, 4.69) is 6.58 Å². The molecule has 1 heteroatoms. The maximum absolute atomic E-state index is 7.58. The van der Waals surface area contributed by atoms with Gasteiger partial charge in [-0.25, -0.2) is 0 Å². The number of hydrogen-bond donors (Lipinski definition) is 1. The molecule has 0 aliphatic heterocycles. The molecule has 11 heavy (non-hydrogen) atoms. The minimum atomic E-state index is 0.519. The highest BCUT2D eigenvalue weighted by atomic mass is 14.4. The Morgan fingerprint density at radius 3 is 2.27 bits per heavy atom. The minimum Gasteiger partial charge on any atom is -0.300 e. The van der Waals surface area contributed by atoms with Gasteiger partial charge in [-0.1, -0.05) is 36.9 Å². The third-order valence-electron chi connectivity index (χ3n) is 1.49. The lowest BCUT2D eigenvalue weighted by Crippen LogP contribution is -1.98. The maximum atomic E-state index is 7.58. The highest BCUT2D eigenvalue weighted by molar-refractivity contribution is 6.09. The summed E-state index contributed by atoms with van der Waals surface area (Å²) < 4.78 is 0. The quantitative estimate of drug-likeness (QED) is 0.618. The number of hydrogen-bond acceptors (Lipinski definition) is 1. The fourth-order valence-corrected chi connectivity index (χ4v) is 0.851. The Balaban J connectivity index is 2.95. The first kappa shape index (κ1) is 7.73. The van der Waals surface area contributed by atoms with Crippen molar-refractivity contribution in [3.05, 3.63) is 48.0 Å². The van der Waals surface area contributed by atoms with E-state index in [0.717, 1.165) is 11.1 Å². The largest absolute Gasteiger partial charge is 0.300 e. The highest BCUT2D eigenvalue weighted by Gasteiger charge is 1.98. The van der Waals surface area contributed by atoms with Crippen molar-refractivity contribution in [2.24, 2.45) is 0 Å². The number of benzene rings is 1. The molecular formula is C10H11N. The van der Waals surface area contributed by atoms with Crippen molar-refractivity contribution in [2.75, 3.05) is 0 Å². The van der Waals surface area contributed by atoms with Gasteiger partial charge in [0.15, 0.2) is 0 Å². The first-order valence-corrected chi connectivity index (χ1v) is 3.51. The van der Waals surface area contributed by atoms with Gasteiger partial charge in [-0.15, -0.1) is 0 Å². The van der Waals surface area contributed by atoms with Crippen LogP contribution in [0.25, 0.3) is 0 Å². The van der Waals surface area contributed by atoms with Gasteiger partial charge in [0.2, 0.25) is 0 Å². The average Bonchev–Trinajstić information content (AvgIpc) is 2.05. The van der Waals surface area contributed by atoms with Crippen molar-refractivity contribution in [1.82, 2.24) is 0 Å². The molecule has 1 rings (SSSR count). The van der Waals surface area contributed by atoms with Crippen LogP contribution < -0.4 is 0 Å². The van der Waals surface area contributed by atoms with E-state index in [1.165, 1.54) is 0 Å². The van der Waals surface area contributed by atoms with Crippen LogP contribution in [-0.2, 0) is 0 Å². The average molecular weight is 145 g/mol. The van der Waals surface area contributed by atoms with Crippen molar-refractivity contribution in [3.8, 4) is 0 Å². The molecule has 1 N–H and O–H groups in total. The Bertz CT molecular complexity index is 272. The summed E-state index contributed by atoms with van der Waals surface area (Å²) in [7, 11) is 0. The molecule has 0 aliphatic rings. The number of nitrogens with one attached hydrogen (secondary N) is 1. The van der Waals surface area contributed by atoms with Gasteiger partial charge in [0.1, 0.15) is 0 Å². The van der Waals surface area contributed by atoms with Crippen molar-refractivity contribution in [2.45, 2.75) is 6.92 Å². The van der Waals surface area contributed by atoms with Crippen LogP contribution in [-0.4, -0.2) is 5.71 Å². The van der Waals surface area contributed by atoms with Gasteiger partial charge < -0.3 is 5.41 Å². The Morgan fingerprint density at radius 1 is 1.27 bits per heavy atom. The molecule has 0 unspecified atom stereocenters. The summed E-state index contributed by atoms with van der Waals surface area (Å²) in [5.41, 5.74) is 2.25. The Morgan fingerprint density at radius 2 is 1.82 bits per heavy atom. The van der Waals surface area contributed by atoms with E-state index in [4.69, 9.17) is 5.41 Å². The van der Waals surface area contributed by atoms with E-state index < -0.39 is 0 Å². The van der Waals surface area contributed by atoms with Crippen LogP contribution in [0.4, 0.5) is 0 Å². The van der Waals surface area contributed by atoms with Crippen LogP contribution in [0.1, 0.15) is 12.5 Å². The molecule has 0 aliphatic carbocycles. The van der Waals surface area contributed by atoms with Gasteiger partial charge >= 0.3 is 0 Å². The molecule has 1 aromatic carbocycles. The molecule has 1 nitrogen and oxygen atoms in total. The lowest BCUT2D eigenvalue weighted by molar-refractivity contribution is 1.44. The third kappa shape index (κ3) is 1.77. The van der Waals surface area contributed by atoms with Crippen LogP contribution in [0.2, 0.25) is 0 Å². The van der Waals surface area contributed by atoms with Crippen LogP contribution in [0, 0.1) is 5.41 Å². The van der Waals surface area contributed by atoms with E-state index in [1.54, 1.807) is 0 Å². The summed E-state index contributed by atoms with van der Waals surface area (Å²) in [5.74, 6) is 0. The van der Waals surface area contributed by atoms with Gasteiger partial charge in [-0.05, 0) is 18.1 Å². The first-order valence-electron chi connectivity index (χ1n) is 3.51. The topological polar surface area (TPSA) is 23.9 Å². The Labute approximate surface area is 66.9 Å². The summed E-state index contributed by atoms with van der Waals surface area (Å²) in [4.78, 5) is 0. The predicted molar refractivity (Wildman–Crippen MR) is 48.1 cm³/mol. The molecule has 0 radical (unpaired) electrons. The highest BCUT2D eigenvalue weighted by Crippen LogP contribution is 2.04. The summed E-state index contributed by atoms with van der Waals surface area (Å²) >= 11 is 0. The van der Waals surface area contributed by atoms with Crippen LogP contribution in [0.15, 0.2) is 42.5 Å². The van der Waals surface area contributed by atoms with E-state index in [-0.39, 0.29) is 0 Å². The lowest BCUT2D eigenvalue weighted by atomic mass is 10.1. The molecule has 0 bridgehead atoms. The monoisotopic (exact) mass is 145 g/mol. The molecule has 0 saturated heterocycles. The van der Waals surface area contributed by atoms with Crippen molar-refractivity contribution in [1.29, 1.82) is 5.41 Å². The molecule has 56 valence electrons. The SMILES string of the molecule is C=C(C)C(=N)c1ccccc1. The van der Waals surface area contributed by atoms with E-state index in [0.29, 0.717) is 5.71 Å². The Kier molecular flexibility index (Phi) is 2.21. The zero-order chi connectivity index (χ0) is 8.27. The van der Waals surface area contributed by atoms with Crippen molar-refractivity contribution < 1.29 is 0 Å². The molecule has 0 spiro atoms. The molecule has 0 atom stereocenters. The smallest absolute Gasteiger partial charge is 0.0635 e. The molecule has 0 heterocycles. The van der Waals surface area contributed by atoms with E-state index in [1.807, 2.05) is 37.3 Å².